The summed E-state index contributed by atoms with van der Waals surface area (Å²) in [4.78, 5) is 41.6. The standard InChI is InChI=1S/C18H22N2O4/c1-24-16(21)4-2-3-12-5-10-15(19-11-12)20(17(22)13-6-7-13)18(23)14-8-9-14/h5,10-11,13-14H,2-4,6-9H2,1H3. The summed E-state index contributed by atoms with van der Waals surface area (Å²) in [6, 6.07) is 3.60. The van der Waals surface area contributed by atoms with Gasteiger partial charge in [0.2, 0.25) is 11.8 Å². The van der Waals surface area contributed by atoms with Crippen LogP contribution in [-0.4, -0.2) is 29.9 Å². The van der Waals surface area contributed by atoms with Crippen molar-refractivity contribution < 1.29 is 19.1 Å². The van der Waals surface area contributed by atoms with E-state index in [1.54, 1.807) is 12.3 Å². The fourth-order valence-electron chi connectivity index (χ4n) is 2.60. The maximum absolute atomic E-state index is 12.5. The molecule has 0 unspecified atom stereocenters. The molecule has 0 aromatic carbocycles. The first-order valence-electron chi connectivity index (χ1n) is 8.49. The van der Waals surface area contributed by atoms with Crippen molar-refractivity contribution in [3.05, 3.63) is 23.9 Å². The van der Waals surface area contributed by atoms with Gasteiger partial charge in [-0.2, -0.15) is 0 Å². The van der Waals surface area contributed by atoms with Crippen molar-refractivity contribution >= 4 is 23.6 Å². The van der Waals surface area contributed by atoms with E-state index in [4.69, 9.17) is 0 Å². The van der Waals surface area contributed by atoms with Gasteiger partial charge in [-0.25, -0.2) is 9.88 Å². The van der Waals surface area contributed by atoms with Crippen molar-refractivity contribution in [3.63, 3.8) is 0 Å². The number of ether oxygens (including phenoxy) is 1. The Kier molecular flexibility index (Phi) is 4.92. The molecule has 24 heavy (non-hydrogen) atoms. The van der Waals surface area contributed by atoms with Gasteiger partial charge in [0, 0.05) is 24.5 Å². The van der Waals surface area contributed by atoms with Crippen molar-refractivity contribution in [1.29, 1.82) is 0 Å². The van der Waals surface area contributed by atoms with E-state index in [9.17, 15) is 14.4 Å². The molecular formula is C18H22N2O4. The SMILES string of the molecule is COC(=O)CCCc1ccc(N(C(=O)C2CC2)C(=O)C2CC2)nc1. The van der Waals surface area contributed by atoms with Crippen molar-refractivity contribution in [3.8, 4) is 0 Å². The number of imide groups is 1. The number of amides is 2. The molecule has 6 nitrogen and oxygen atoms in total. The minimum atomic E-state index is -0.226. The highest BCUT2D eigenvalue weighted by atomic mass is 16.5. The highest BCUT2D eigenvalue weighted by molar-refractivity contribution is 6.16. The Bertz CT molecular complexity index is 609. The van der Waals surface area contributed by atoms with Gasteiger partial charge in [-0.05, 0) is 50.2 Å². The van der Waals surface area contributed by atoms with Crippen LogP contribution in [0.15, 0.2) is 18.3 Å². The van der Waals surface area contributed by atoms with E-state index in [1.165, 1.54) is 12.0 Å². The highest BCUT2D eigenvalue weighted by Gasteiger charge is 2.42. The molecule has 1 aromatic heterocycles. The van der Waals surface area contributed by atoms with Gasteiger partial charge in [0.25, 0.3) is 0 Å². The van der Waals surface area contributed by atoms with E-state index >= 15 is 0 Å². The Morgan fingerprint density at radius 2 is 1.75 bits per heavy atom. The Balaban J connectivity index is 1.65. The molecule has 0 radical (unpaired) electrons. The lowest BCUT2D eigenvalue weighted by atomic mass is 10.1. The average Bonchev–Trinajstić information content (AvgIpc) is 3.48. The summed E-state index contributed by atoms with van der Waals surface area (Å²) in [5.41, 5.74) is 0.973. The summed E-state index contributed by atoms with van der Waals surface area (Å²) < 4.78 is 4.61. The topological polar surface area (TPSA) is 76.6 Å². The summed E-state index contributed by atoms with van der Waals surface area (Å²) >= 11 is 0. The quantitative estimate of drug-likeness (QED) is 0.566. The lowest BCUT2D eigenvalue weighted by Gasteiger charge is -2.20. The number of carbonyl (C=O) groups excluding carboxylic acids is 3. The predicted octanol–water partition coefficient (Wildman–Crippen LogP) is 2.26. The number of anilines is 1. The molecule has 2 aliphatic carbocycles. The summed E-state index contributed by atoms with van der Waals surface area (Å²) in [6.45, 7) is 0. The number of aryl methyl sites for hydroxylation is 1. The summed E-state index contributed by atoms with van der Waals surface area (Å²) in [5, 5.41) is 0. The van der Waals surface area contributed by atoms with E-state index in [0.717, 1.165) is 31.2 Å². The largest absolute Gasteiger partial charge is 0.469 e. The number of aromatic nitrogens is 1. The van der Waals surface area contributed by atoms with Gasteiger partial charge in [-0.1, -0.05) is 6.07 Å². The van der Waals surface area contributed by atoms with Gasteiger partial charge in [0.05, 0.1) is 7.11 Å². The Hall–Kier alpha value is -2.24. The molecule has 1 heterocycles. The van der Waals surface area contributed by atoms with Gasteiger partial charge >= 0.3 is 5.97 Å². The number of hydrogen-bond acceptors (Lipinski definition) is 5. The van der Waals surface area contributed by atoms with Crippen LogP contribution in [0.3, 0.4) is 0 Å². The first-order chi connectivity index (χ1) is 11.6. The van der Waals surface area contributed by atoms with Crippen molar-refractivity contribution in [2.24, 2.45) is 11.8 Å². The lowest BCUT2D eigenvalue weighted by molar-refractivity contribution is -0.140. The zero-order valence-electron chi connectivity index (χ0n) is 13.9. The third-order valence-electron chi connectivity index (χ3n) is 4.41. The maximum Gasteiger partial charge on any atom is 0.305 e. The van der Waals surface area contributed by atoms with E-state index in [1.807, 2.05) is 6.07 Å². The first-order valence-corrected chi connectivity index (χ1v) is 8.49. The van der Waals surface area contributed by atoms with Crippen molar-refractivity contribution in [1.82, 2.24) is 4.98 Å². The van der Waals surface area contributed by atoms with Crippen LogP contribution < -0.4 is 4.90 Å². The third kappa shape index (κ3) is 3.99. The molecule has 0 N–H and O–H groups in total. The minimum absolute atomic E-state index is 0.0192. The number of pyridine rings is 1. The van der Waals surface area contributed by atoms with Crippen molar-refractivity contribution in [2.75, 3.05) is 12.0 Å². The molecule has 2 aliphatic rings. The predicted molar refractivity (Wildman–Crippen MR) is 87.1 cm³/mol. The van der Waals surface area contributed by atoms with Gasteiger partial charge in [-0.3, -0.25) is 14.4 Å². The highest BCUT2D eigenvalue weighted by Crippen LogP contribution is 2.37. The van der Waals surface area contributed by atoms with Crippen LogP contribution in [-0.2, 0) is 25.5 Å². The minimum Gasteiger partial charge on any atom is -0.469 e. The smallest absolute Gasteiger partial charge is 0.305 e. The molecule has 6 heteroatoms. The molecular weight excluding hydrogens is 308 g/mol. The Morgan fingerprint density at radius 1 is 1.12 bits per heavy atom. The van der Waals surface area contributed by atoms with Gasteiger partial charge in [-0.15, -0.1) is 0 Å². The van der Waals surface area contributed by atoms with Crippen molar-refractivity contribution in [2.45, 2.75) is 44.9 Å². The van der Waals surface area contributed by atoms with Crippen LogP contribution in [0.25, 0.3) is 0 Å². The normalized spacial score (nSPS) is 16.5. The van der Waals surface area contributed by atoms with E-state index in [2.05, 4.69) is 9.72 Å². The first kappa shape index (κ1) is 16.6. The number of carbonyl (C=O) groups is 3. The van der Waals surface area contributed by atoms with Crippen LogP contribution in [0, 0.1) is 11.8 Å². The Labute approximate surface area is 141 Å². The average molecular weight is 330 g/mol. The molecule has 0 atom stereocenters. The number of esters is 1. The molecule has 0 aliphatic heterocycles. The van der Waals surface area contributed by atoms with Gasteiger partial charge < -0.3 is 4.74 Å². The van der Waals surface area contributed by atoms with Gasteiger partial charge in [0.15, 0.2) is 0 Å². The molecule has 3 rings (SSSR count). The summed E-state index contributed by atoms with van der Waals surface area (Å²) in [5.74, 6) is -0.0736. The molecule has 0 saturated heterocycles. The van der Waals surface area contributed by atoms with Crippen LogP contribution in [0.5, 0.6) is 0 Å². The summed E-state index contributed by atoms with van der Waals surface area (Å²) in [7, 11) is 1.38. The molecule has 1 aromatic rings. The fraction of sp³-hybridized carbons (Fsp3) is 0.556. The lowest BCUT2D eigenvalue weighted by Crippen LogP contribution is -2.39. The third-order valence-corrected chi connectivity index (χ3v) is 4.41. The second-order valence-electron chi connectivity index (χ2n) is 6.51. The van der Waals surface area contributed by atoms with Crippen LogP contribution in [0.4, 0.5) is 5.82 Å². The molecule has 2 saturated carbocycles. The van der Waals surface area contributed by atoms with Crippen LogP contribution in [0.1, 0.15) is 44.1 Å². The fourth-order valence-corrected chi connectivity index (χ4v) is 2.60. The van der Waals surface area contributed by atoms with E-state index < -0.39 is 0 Å². The number of rotatable bonds is 7. The van der Waals surface area contributed by atoms with E-state index in [0.29, 0.717) is 25.1 Å². The number of nitrogens with zero attached hydrogens (tertiary/aromatic N) is 2. The molecule has 2 amide bonds. The monoisotopic (exact) mass is 330 g/mol. The molecule has 2 fully saturated rings. The number of hydrogen-bond donors (Lipinski definition) is 0. The Morgan fingerprint density at radius 3 is 2.21 bits per heavy atom. The molecule has 128 valence electrons. The van der Waals surface area contributed by atoms with E-state index in [-0.39, 0.29) is 29.6 Å². The second kappa shape index (κ2) is 7.11. The molecule has 0 bridgehead atoms. The van der Waals surface area contributed by atoms with Gasteiger partial charge in [0.1, 0.15) is 5.82 Å². The maximum atomic E-state index is 12.5. The van der Waals surface area contributed by atoms with Crippen LogP contribution in [0.2, 0.25) is 0 Å². The van der Waals surface area contributed by atoms with Crippen LogP contribution >= 0.6 is 0 Å². The molecule has 0 spiro atoms. The zero-order chi connectivity index (χ0) is 17.1. The summed E-state index contributed by atoms with van der Waals surface area (Å²) in [6.07, 6.45) is 6.87. The second-order valence-corrected chi connectivity index (χ2v) is 6.51. The number of methoxy groups -OCH3 is 1. The zero-order valence-corrected chi connectivity index (χ0v) is 13.9.